The molecule has 0 radical (unpaired) electrons. The Kier molecular flexibility index (Phi) is 2.60. The fourth-order valence-corrected chi connectivity index (χ4v) is 2.29. The lowest BCUT2D eigenvalue weighted by Gasteiger charge is -2.00. The molecule has 104 valence electrons. The first kappa shape index (κ1) is 11.9. The summed E-state index contributed by atoms with van der Waals surface area (Å²) in [7, 11) is 0. The molecule has 0 spiro atoms. The minimum atomic E-state index is 0.374. The van der Waals surface area contributed by atoms with Crippen LogP contribution in [-0.4, -0.2) is 19.7 Å². The number of hydrogen-bond acceptors (Lipinski definition) is 5. The van der Waals surface area contributed by atoms with Crippen LogP contribution in [0.1, 0.15) is 6.92 Å². The third kappa shape index (κ3) is 1.92. The van der Waals surface area contributed by atoms with Gasteiger partial charge in [-0.05, 0) is 37.3 Å². The van der Waals surface area contributed by atoms with Gasteiger partial charge in [-0.25, -0.2) is 4.98 Å². The Bertz CT molecular complexity index is 890. The van der Waals surface area contributed by atoms with Crippen molar-refractivity contribution in [3.8, 4) is 23.0 Å². The Morgan fingerprint density at radius 2 is 2.19 bits per heavy atom. The standard InChI is InChI=1S/C15H12N4O2/c1-2-19-9-16-11-6-5-10(8-12(11)19)14-17-15(21-18-14)13-4-3-7-20-13/h3-9H,2H2,1H3. The van der Waals surface area contributed by atoms with Crippen molar-refractivity contribution in [3.63, 3.8) is 0 Å². The van der Waals surface area contributed by atoms with Gasteiger partial charge in [0.1, 0.15) is 0 Å². The second-order valence-electron chi connectivity index (χ2n) is 4.63. The molecule has 4 aromatic rings. The highest BCUT2D eigenvalue weighted by molar-refractivity contribution is 5.80. The van der Waals surface area contributed by atoms with Crippen molar-refractivity contribution in [3.05, 3.63) is 42.9 Å². The quantitative estimate of drug-likeness (QED) is 0.575. The minimum absolute atomic E-state index is 0.374. The molecule has 0 saturated carbocycles. The fourth-order valence-electron chi connectivity index (χ4n) is 2.29. The average molecular weight is 280 g/mol. The summed E-state index contributed by atoms with van der Waals surface area (Å²) in [5.74, 6) is 1.47. The van der Waals surface area contributed by atoms with Gasteiger partial charge in [-0.15, -0.1) is 0 Å². The van der Waals surface area contributed by atoms with Crippen LogP contribution in [0.25, 0.3) is 34.1 Å². The Balaban J connectivity index is 1.79. The van der Waals surface area contributed by atoms with Crippen LogP contribution in [0, 0.1) is 0 Å². The summed E-state index contributed by atoms with van der Waals surface area (Å²) in [4.78, 5) is 8.72. The summed E-state index contributed by atoms with van der Waals surface area (Å²) in [5, 5.41) is 4.01. The normalized spacial score (nSPS) is 11.3. The number of fused-ring (bicyclic) bond motifs is 1. The number of hydrogen-bond donors (Lipinski definition) is 0. The van der Waals surface area contributed by atoms with Crippen molar-refractivity contribution in [1.82, 2.24) is 19.7 Å². The summed E-state index contributed by atoms with van der Waals surface area (Å²) in [6.07, 6.45) is 3.41. The lowest BCUT2D eigenvalue weighted by Crippen LogP contribution is -1.91. The first-order valence-electron chi connectivity index (χ1n) is 6.68. The van der Waals surface area contributed by atoms with Crippen LogP contribution < -0.4 is 0 Å². The summed E-state index contributed by atoms with van der Waals surface area (Å²) >= 11 is 0. The molecule has 6 nitrogen and oxygen atoms in total. The molecule has 0 amide bonds. The van der Waals surface area contributed by atoms with Crippen LogP contribution in [-0.2, 0) is 6.54 Å². The van der Waals surface area contributed by atoms with Gasteiger partial charge in [-0.3, -0.25) is 0 Å². The number of benzene rings is 1. The molecule has 1 aromatic carbocycles. The van der Waals surface area contributed by atoms with Gasteiger partial charge in [0, 0.05) is 12.1 Å². The number of aryl methyl sites for hydroxylation is 1. The maximum absolute atomic E-state index is 5.25. The molecule has 3 aromatic heterocycles. The largest absolute Gasteiger partial charge is 0.459 e. The predicted octanol–water partition coefficient (Wildman–Crippen LogP) is 3.37. The second-order valence-corrected chi connectivity index (χ2v) is 4.63. The Morgan fingerprint density at radius 3 is 3.00 bits per heavy atom. The summed E-state index contributed by atoms with van der Waals surface area (Å²) in [6, 6.07) is 9.48. The molecule has 6 heteroatoms. The molecular weight excluding hydrogens is 268 g/mol. The molecule has 0 fully saturated rings. The zero-order valence-electron chi connectivity index (χ0n) is 11.4. The van der Waals surface area contributed by atoms with Gasteiger partial charge >= 0.3 is 0 Å². The molecule has 0 unspecified atom stereocenters. The van der Waals surface area contributed by atoms with Crippen molar-refractivity contribution >= 4 is 11.0 Å². The molecule has 0 saturated heterocycles. The Hall–Kier alpha value is -2.89. The van der Waals surface area contributed by atoms with Crippen molar-refractivity contribution in [2.45, 2.75) is 13.5 Å². The highest BCUT2D eigenvalue weighted by Gasteiger charge is 2.13. The number of furan rings is 1. The molecule has 21 heavy (non-hydrogen) atoms. The van der Waals surface area contributed by atoms with Gasteiger partial charge in [-0.2, -0.15) is 4.98 Å². The molecule has 0 atom stereocenters. The van der Waals surface area contributed by atoms with Gasteiger partial charge in [0.2, 0.25) is 5.82 Å². The molecule has 3 heterocycles. The zero-order valence-corrected chi connectivity index (χ0v) is 11.4. The maximum Gasteiger partial charge on any atom is 0.293 e. The summed E-state index contributed by atoms with van der Waals surface area (Å²) in [5.41, 5.74) is 2.90. The number of aromatic nitrogens is 4. The Morgan fingerprint density at radius 1 is 1.24 bits per heavy atom. The van der Waals surface area contributed by atoms with Crippen molar-refractivity contribution in [1.29, 1.82) is 0 Å². The van der Waals surface area contributed by atoms with E-state index >= 15 is 0 Å². The predicted molar refractivity (Wildman–Crippen MR) is 76.4 cm³/mol. The lowest BCUT2D eigenvalue weighted by molar-refractivity contribution is 0.417. The molecule has 4 rings (SSSR count). The van der Waals surface area contributed by atoms with E-state index in [1.807, 2.05) is 24.5 Å². The number of nitrogens with zero attached hydrogens (tertiary/aromatic N) is 4. The molecule has 0 aliphatic heterocycles. The van der Waals surface area contributed by atoms with Gasteiger partial charge in [0.25, 0.3) is 5.89 Å². The second kappa shape index (κ2) is 4.59. The third-order valence-corrected chi connectivity index (χ3v) is 3.38. The Labute approximate surface area is 120 Å². The van der Waals surface area contributed by atoms with Crippen LogP contribution >= 0.6 is 0 Å². The van der Waals surface area contributed by atoms with Crippen LogP contribution in [0.4, 0.5) is 0 Å². The minimum Gasteiger partial charge on any atom is -0.459 e. The van der Waals surface area contributed by atoms with Gasteiger partial charge in [-0.1, -0.05) is 5.16 Å². The summed E-state index contributed by atoms with van der Waals surface area (Å²) in [6.45, 7) is 2.95. The number of imidazole rings is 1. The van der Waals surface area contributed by atoms with E-state index in [-0.39, 0.29) is 0 Å². The van der Waals surface area contributed by atoms with E-state index < -0.39 is 0 Å². The third-order valence-electron chi connectivity index (χ3n) is 3.38. The fraction of sp³-hybridized carbons (Fsp3) is 0.133. The van der Waals surface area contributed by atoms with Crippen molar-refractivity contribution < 1.29 is 8.94 Å². The highest BCUT2D eigenvalue weighted by atomic mass is 16.5. The van der Waals surface area contributed by atoms with E-state index in [9.17, 15) is 0 Å². The SMILES string of the molecule is CCn1cnc2ccc(-c3noc(-c4ccco4)n3)cc21. The first-order valence-corrected chi connectivity index (χ1v) is 6.68. The number of rotatable bonds is 3. The van der Waals surface area contributed by atoms with Crippen molar-refractivity contribution in [2.75, 3.05) is 0 Å². The first-order chi connectivity index (χ1) is 10.3. The molecular formula is C15H12N4O2. The molecule has 0 aliphatic carbocycles. The topological polar surface area (TPSA) is 69.9 Å². The average Bonchev–Trinajstić information content (AvgIpc) is 3.25. The maximum atomic E-state index is 5.25. The van der Waals surface area contributed by atoms with E-state index in [4.69, 9.17) is 8.94 Å². The van der Waals surface area contributed by atoms with Crippen LogP contribution in [0.2, 0.25) is 0 Å². The molecule has 0 bridgehead atoms. The van der Waals surface area contributed by atoms with Crippen LogP contribution in [0.15, 0.2) is 51.9 Å². The van der Waals surface area contributed by atoms with Crippen LogP contribution in [0.3, 0.4) is 0 Å². The van der Waals surface area contributed by atoms with E-state index in [1.54, 1.807) is 18.4 Å². The van der Waals surface area contributed by atoms with Gasteiger partial charge in [0.15, 0.2) is 5.76 Å². The van der Waals surface area contributed by atoms with Gasteiger partial charge in [0.05, 0.1) is 23.6 Å². The summed E-state index contributed by atoms with van der Waals surface area (Å²) < 4.78 is 12.6. The molecule has 0 N–H and O–H groups in total. The molecule has 0 aliphatic rings. The van der Waals surface area contributed by atoms with E-state index in [0.717, 1.165) is 23.1 Å². The monoisotopic (exact) mass is 280 g/mol. The van der Waals surface area contributed by atoms with E-state index in [1.165, 1.54) is 0 Å². The van der Waals surface area contributed by atoms with Crippen LogP contribution in [0.5, 0.6) is 0 Å². The van der Waals surface area contributed by atoms with Crippen molar-refractivity contribution in [2.24, 2.45) is 0 Å². The van der Waals surface area contributed by atoms with E-state index in [2.05, 4.69) is 26.6 Å². The van der Waals surface area contributed by atoms with E-state index in [0.29, 0.717) is 17.5 Å². The highest BCUT2D eigenvalue weighted by Crippen LogP contribution is 2.25. The van der Waals surface area contributed by atoms with Gasteiger partial charge < -0.3 is 13.5 Å². The smallest absolute Gasteiger partial charge is 0.293 e. The zero-order chi connectivity index (χ0) is 14.2. The lowest BCUT2D eigenvalue weighted by atomic mass is 10.2.